The maximum atomic E-state index is 5.72. The van der Waals surface area contributed by atoms with Crippen molar-refractivity contribution in [3.8, 4) is 5.75 Å². The predicted molar refractivity (Wildman–Crippen MR) is 55.8 cm³/mol. The van der Waals surface area contributed by atoms with Crippen LogP contribution in [0.15, 0.2) is 24.8 Å². The highest BCUT2D eigenvalue weighted by Gasteiger charge is 2.12. The van der Waals surface area contributed by atoms with Gasteiger partial charge in [0.1, 0.15) is 11.4 Å². The molecule has 69 valence electrons. The zero-order valence-corrected chi connectivity index (χ0v) is 8.42. The van der Waals surface area contributed by atoms with Gasteiger partial charge < -0.3 is 4.74 Å². The summed E-state index contributed by atoms with van der Waals surface area (Å²) >= 11 is 0. The van der Waals surface area contributed by atoms with Crippen molar-refractivity contribution in [1.82, 2.24) is 0 Å². The van der Waals surface area contributed by atoms with Gasteiger partial charge >= 0.3 is 0 Å². The van der Waals surface area contributed by atoms with Crippen molar-refractivity contribution >= 4 is 6.08 Å². The van der Waals surface area contributed by atoms with Crippen LogP contribution in [0.5, 0.6) is 5.75 Å². The molecule has 13 heavy (non-hydrogen) atoms. The van der Waals surface area contributed by atoms with E-state index in [1.54, 1.807) is 6.08 Å². The van der Waals surface area contributed by atoms with Gasteiger partial charge in [-0.25, -0.2) is 0 Å². The van der Waals surface area contributed by atoms with E-state index >= 15 is 0 Å². The van der Waals surface area contributed by atoms with Gasteiger partial charge in [-0.3, -0.25) is 0 Å². The molecule has 1 aromatic carbocycles. The molecule has 0 unspecified atom stereocenters. The normalized spacial score (nSPS) is 11.0. The van der Waals surface area contributed by atoms with E-state index < -0.39 is 0 Å². The summed E-state index contributed by atoms with van der Waals surface area (Å²) < 4.78 is 5.72. The summed E-state index contributed by atoms with van der Waals surface area (Å²) in [6.07, 6.45) is 1.75. The fraction of sp³-hybridized carbons (Fsp3) is 0.333. The maximum absolute atomic E-state index is 5.72. The van der Waals surface area contributed by atoms with E-state index in [0.717, 1.165) is 11.3 Å². The number of benzene rings is 1. The highest BCUT2D eigenvalue weighted by atomic mass is 16.5. The predicted octanol–water partition coefficient (Wildman–Crippen LogP) is 3.31. The third-order valence-corrected chi connectivity index (χ3v) is 1.47. The molecule has 0 saturated carbocycles. The van der Waals surface area contributed by atoms with Crippen LogP contribution < -0.4 is 4.74 Å². The summed E-state index contributed by atoms with van der Waals surface area (Å²) in [6.45, 7) is 9.77. The lowest BCUT2D eigenvalue weighted by molar-refractivity contribution is 0.130. The molecule has 0 aliphatic heterocycles. The average Bonchev–Trinajstić information content (AvgIpc) is 2.02. The molecule has 0 spiro atoms. The molecule has 0 atom stereocenters. The van der Waals surface area contributed by atoms with Gasteiger partial charge in [-0.15, -0.1) is 0 Å². The first-order valence-electron chi connectivity index (χ1n) is 4.35. The van der Waals surface area contributed by atoms with Gasteiger partial charge in [0.2, 0.25) is 0 Å². The summed E-state index contributed by atoms with van der Waals surface area (Å²) in [5.74, 6) is 0.838. The number of hydrogen-bond donors (Lipinski definition) is 0. The molecule has 0 aromatic heterocycles. The highest BCUT2D eigenvalue weighted by Crippen LogP contribution is 2.22. The Hall–Kier alpha value is -1.24. The van der Waals surface area contributed by atoms with Gasteiger partial charge in [-0.2, -0.15) is 0 Å². The van der Waals surface area contributed by atoms with Gasteiger partial charge in [-0.1, -0.05) is 24.8 Å². The van der Waals surface area contributed by atoms with E-state index in [0.29, 0.717) is 0 Å². The van der Waals surface area contributed by atoms with Crippen LogP contribution in [0.1, 0.15) is 26.3 Å². The first-order chi connectivity index (χ1) is 6.03. The lowest BCUT2D eigenvalue weighted by Gasteiger charge is -2.22. The SMILES string of the molecule is C=Cc1[c]cccc1OC(C)(C)C. The van der Waals surface area contributed by atoms with Crippen molar-refractivity contribution in [2.45, 2.75) is 26.4 Å². The molecule has 1 rings (SSSR count). The van der Waals surface area contributed by atoms with E-state index in [1.165, 1.54) is 0 Å². The standard InChI is InChI=1S/C12H15O/c1-5-10-8-6-7-9-11(10)13-12(2,3)4/h5-7,9H,1H2,2-4H3. The fourth-order valence-corrected chi connectivity index (χ4v) is 1.01. The monoisotopic (exact) mass is 175 g/mol. The van der Waals surface area contributed by atoms with E-state index in [-0.39, 0.29) is 5.60 Å². The second-order valence-electron chi connectivity index (χ2n) is 3.87. The molecule has 0 aliphatic carbocycles. The summed E-state index contributed by atoms with van der Waals surface area (Å²) in [5, 5.41) is 0. The number of rotatable bonds is 2. The first kappa shape index (κ1) is 9.85. The minimum atomic E-state index is -0.174. The van der Waals surface area contributed by atoms with Gasteiger partial charge in [0.15, 0.2) is 0 Å². The van der Waals surface area contributed by atoms with Crippen LogP contribution in [-0.4, -0.2) is 5.60 Å². The summed E-state index contributed by atoms with van der Waals surface area (Å²) in [7, 11) is 0. The van der Waals surface area contributed by atoms with Crippen LogP contribution in [0.2, 0.25) is 0 Å². The zero-order valence-electron chi connectivity index (χ0n) is 8.42. The lowest BCUT2D eigenvalue weighted by atomic mass is 10.1. The van der Waals surface area contributed by atoms with Gasteiger partial charge in [0.05, 0.1) is 0 Å². The van der Waals surface area contributed by atoms with E-state index in [4.69, 9.17) is 4.74 Å². The van der Waals surface area contributed by atoms with Crippen LogP contribution in [0.25, 0.3) is 6.08 Å². The lowest BCUT2D eigenvalue weighted by Crippen LogP contribution is -2.23. The van der Waals surface area contributed by atoms with Gasteiger partial charge in [0, 0.05) is 5.56 Å². The first-order valence-corrected chi connectivity index (χ1v) is 4.35. The Balaban J connectivity index is 2.94. The Morgan fingerprint density at radius 2 is 2.15 bits per heavy atom. The molecule has 0 aliphatic rings. The molecule has 0 amide bonds. The Labute approximate surface area is 80.0 Å². The summed E-state index contributed by atoms with van der Waals surface area (Å²) in [5.41, 5.74) is 0.741. The molecule has 1 aromatic rings. The quantitative estimate of drug-likeness (QED) is 0.670. The molecule has 1 nitrogen and oxygen atoms in total. The van der Waals surface area contributed by atoms with Crippen LogP contribution in [-0.2, 0) is 0 Å². The summed E-state index contributed by atoms with van der Waals surface area (Å²) in [6, 6.07) is 8.76. The molecule has 0 heterocycles. The van der Waals surface area contributed by atoms with E-state index in [9.17, 15) is 0 Å². The zero-order chi connectivity index (χ0) is 9.90. The van der Waals surface area contributed by atoms with Crippen molar-refractivity contribution < 1.29 is 4.74 Å². The van der Waals surface area contributed by atoms with Crippen LogP contribution in [0, 0.1) is 6.07 Å². The summed E-state index contributed by atoms with van der Waals surface area (Å²) in [4.78, 5) is 0. The maximum Gasteiger partial charge on any atom is 0.127 e. The smallest absolute Gasteiger partial charge is 0.127 e. The third kappa shape index (κ3) is 2.94. The Morgan fingerprint density at radius 1 is 1.46 bits per heavy atom. The van der Waals surface area contributed by atoms with Crippen molar-refractivity contribution in [3.63, 3.8) is 0 Å². The Kier molecular flexibility index (Phi) is 2.76. The second kappa shape index (κ2) is 3.65. The average molecular weight is 175 g/mol. The van der Waals surface area contributed by atoms with Crippen molar-refractivity contribution in [3.05, 3.63) is 36.4 Å². The molecule has 1 radical (unpaired) electrons. The minimum Gasteiger partial charge on any atom is -0.488 e. The molecule has 0 saturated heterocycles. The second-order valence-corrected chi connectivity index (χ2v) is 3.87. The van der Waals surface area contributed by atoms with E-state index in [2.05, 4.69) is 12.6 Å². The Bertz CT molecular complexity index is 294. The highest BCUT2D eigenvalue weighted by molar-refractivity contribution is 5.54. The molecule has 0 bridgehead atoms. The Morgan fingerprint density at radius 3 is 2.69 bits per heavy atom. The van der Waals surface area contributed by atoms with Crippen molar-refractivity contribution in [2.24, 2.45) is 0 Å². The largest absolute Gasteiger partial charge is 0.488 e. The van der Waals surface area contributed by atoms with Crippen molar-refractivity contribution in [2.75, 3.05) is 0 Å². The topological polar surface area (TPSA) is 9.23 Å². The molecule has 0 N–H and O–H groups in total. The molecule has 1 heteroatoms. The fourth-order valence-electron chi connectivity index (χ4n) is 1.01. The van der Waals surface area contributed by atoms with Crippen molar-refractivity contribution in [1.29, 1.82) is 0 Å². The van der Waals surface area contributed by atoms with Crippen LogP contribution >= 0.6 is 0 Å². The van der Waals surface area contributed by atoms with Gasteiger partial charge in [-0.05, 0) is 32.9 Å². The molecular formula is C12H15O. The van der Waals surface area contributed by atoms with Gasteiger partial charge in [0.25, 0.3) is 0 Å². The van der Waals surface area contributed by atoms with Crippen LogP contribution in [0.3, 0.4) is 0 Å². The molecule has 0 fully saturated rings. The van der Waals surface area contributed by atoms with E-state index in [1.807, 2.05) is 39.0 Å². The molecular weight excluding hydrogens is 160 g/mol. The third-order valence-electron chi connectivity index (χ3n) is 1.47. The van der Waals surface area contributed by atoms with Crippen LogP contribution in [0.4, 0.5) is 0 Å². The minimum absolute atomic E-state index is 0.174. The number of hydrogen-bond acceptors (Lipinski definition) is 1. The number of ether oxygens (including phenoxy) is 1.